The predicted octanol–water partition coefficient (Wildman–Crippen LogP) is 5.38. The van der Waals surface area contributed by atoms with Crippen molar-refractivity contribution in [1.82, 2.24) is 18.9 Å². The lowest BCUT2D eigenvalue weighted by atomic mass is 10.0. The van der Waals surface area contributed by atoms with Gasteiger partial charge in [0.05, 0.1) is 27.7 Å². The normalized spacial score (nSPS) is 12.0. The molecule has 178 valence electrons. The Labute approximate surface area is 202 Å². The summed E-state index contributed by atoms with van der Waals surface area (Å²) in [4.78, 5) is 12.5. The summed E-state index contributed by atoms with van der Waals surface area (Å²) >= 11 is 0. The van der Waals surface area contributed by atoms with E-state index >= 15 is 0 Å². The number of fused-ring (bicyclic) bond motifs is 1. The summed E-state index contributed by atoms with van der Waals surface area (Å²) in [6.07, 6.45) is 0. The van der Waals surface area contributed by atoms with Gasteiger partial charge >= 0.3 is 0 Å². The standard InChI is InChI=1S/C26H24FN5O2S/c1-15(2)35(33,34)32-22-14-18(10-13-21(22)29-26(32)28)23-24(20-7-5-4-6-16(20)3)31-25(30-23)17-8-11-19(27)12-9-17/h4-15H,1-3H3,(H2,28,29)(H,30,31). The first kappa shape index (κ1) is 22.8. The van der Waals surface area contributed by atoms with Gasteiger partial charge in [0.25, 0.3) is 0 Å². The van der Waals surface area contributed by atoms with Gasteiger partial charge in [-0.05, 0) is 62.7 Å². The summed E-state index contributed by atoms with van der Waals surface area (Å²) in [5, 5.41) is -0.677. The first-order valence-corrected chi connectivity index (χ1v) is 12.6. The Morgan fingerprint density at radius 3 is 2.34 bits per heavy atom. The minimum Gasteiger partial charge on any atom is -0.368 e. The number of halogens is 1. The average Bonchev–Trinajstić information content (AvgIpc) is 3.40. The van der Waals surface area contributed by atoms with Gasteiger partial charge in [-0.25, -0.2) is 26.7 Å². The maximum atomic E-state index is 13.5. The Morgan fingerprint density at radius 1 is 0.971 bits per heavy atom. The van der Waals surface area contributed by atoms with E-state index in [1.54, 1.807) is 38.1 Å². The van der Waals surface area contributed by atoms with Crippen LogP contribution in [-0.4, -0.2) is 32.6 Å². The molecule has 0 atom stereocenters. The summed E-state index contributed by atoms with van der Waals surface area (Å²) in [5.41, 5.74) is 11.7. The summed E-state index contributed by atoms with van der Waals surface area (Å²) in [7, 11) is -3.74. The fourth-order valence-corrected chi connectivity index (χ4v) is 5.22. The SMILES string of the molecule is Cc1ccccc1-c1[nH]c(-c2ccc(F)cc2)nc1-c1ccc2nc(N)n(S(=O)(=O)C(C)C)c2c1. The van der Waals surface area contributed by atoms with E-state index in [4.69, 9.17) is 10.7 Å². The number of anilines is 1. The second-order valence-electron chi connectivity index (χ2n) is 8.66. The maximum Gasteiger partial charge on any atom is 0.244 e. The molecule has 0 radical (unpaired) electrons. The van der Waals surface area contributed by atoms with Gasteiger partial charge in [-0.1, -0.05) is 30.3 Å². The van der Waals surface area contributed by atoms with Crippen LogP contribution in [0.4, 0.5) is 10.3 Å². The average molecular weight is 490 g/mol. The monoisotopic (exact) mass is 489 g/mol. The van der Waals surface area contributed by atoms with Gasteiger partial charge in [0.15, 0.2) is 0 Å². The Balaban J connectivity index is 1.76. The highest BCUT2D eigenvalue weighted by Gasteiger charge is 2.25. The molecule has 0 saturated heterocycles. The van der Waals surface area contributed by atoms with Crippen molar-refractivity contribution in [3.05, 3.63) is 78.1 Å². The molecule has 35 heavy (non-hydrogen) atoms. The highest BCUT2D eigenvalue weighted by Crippen LogP contribution is 2.36. The van der Waals surface area contributed by atoms with Crippen molar-refractivity contribution in [3.63, 3.8) is 0 Å². The zero-order valence-corrected chi connectivity index (χ0v) is 20.3. The van der Waals surface area contributed by atoms with Crippen molar-refractivity contribution < 1.29 is 12.8 Å². The molecule has 0 fully saturated rings. The van der Waals surface area contributed by atoms with E-state index in [0.717, 1.165) is 26.4 Å². The lowest BCUT2D eigenvalue weighted by Gasteiger charge is -2.11. The smallest absolute Gasteiger partial charge is 0.244 e. The van der Waals surface area contributed by atoms with Crippen LogP contribution in [0.2, 0.25) is 0 Å². The van der Waals surface area contributed by atoms with E-state index in [2.05, 4.69) is 9.97 Å². The number of nitrogens with one attached hydrogen (secondary N) is 1. The molecule has 9 heteroatoms. The van der Waals surface area contributed by atoms with Crippen LogP contribution in [0.1, 0.15) is 19.4 Å². The van der Waals surface area contributed by atoms with Gasteiger partial charge in [-0.3, -0.25) is 0 Å². The summed E-state index contributed by atoms with van der Waals surface area (Å²) in [6.45, 7) is 5.21. The molecule has 0 aliphatic rings. The fourth-order valence-electron chi connectivity index (χ4n) is 4.07. The molecule has 5 rings (SSSR count). The number of hydrogen-bond acceptors (Lipinski definition) is 5. The first-order valence-electron chi connectivity index (χ1n) is 11.1. The van der Waals surface area contributed by atoms with Gasteiger partial charge < -0.3 is 10.7 Å². The van der Waals surface area contributed by atoms with E-state index in [1.165, 1.54) is 12.1 Å². The number of nitrogens with two attached hydrogens (primary N) is 1. The molecular weight excluding hydrogens is 465 g/mol. The number of hydrogen-bond donors (Lipinski definition) is 2. The van der Waals surface area contributed by atoms with Crippen molar-refractivity contribution >= 4 is 27.0 Å². The van der Waals surface area contributed by atoms with Crippen LogP contribution >= 0.6 is 0 Å². The van der Waals surface area contributed by atoms with Crippen molar-refractivity contribution in [2.75, 3.05) is 5.73 Å². The number of aromatic amines is 1. The molecule has 0 aliphatic carbocycles. The summed E-state index contributed by atoms with van der Waals surface area (Å²) in [5.74, 6) is 0.155. The molecule has 0 saturated carbocycles. The minimum atomic E-state index is -3.74. The second kappa shape index (κ2) is 8.35. The number of aryl methyl sites for hydroxylation is 1. The van der Waals surface area contributed by atoms with Crippen LogP contribution in [0.3, 0.4) is 0 Å². The predicted molar refractivity (Wildman–Crippen MR) is 137 cm³/mol. The molecule has 0 spiro atoms. The summed E-state index contributed by atoms with van der Waals surface area (Å²) < 4.78 is 40.6. The molecule has 3 N–H and O–H groups in total. The van der Waals surface area contributed by atoms with Crippen molar-refractivity contribution in [1.29, 1.82) is 0 Å². The van der Waals surface area contributed by atoms with Crippen molar-refractivity contribution in [3.8, 4) is 33.9 Å². The Morgan fingerprint density at radius 2 is 1.66 bits per heavy atom. The molecule has 0 amide bonds. The number of aromatic nitrogens is 4. The molecule has 2 aromatic heterocycles. The third-order valence-corrected chi connectivity index (χ3v) is 8.08. The third-order valence-electron chi connectivity index (χ3n) is 6.00. The van der Waals surface area contributed by atoms with E-state index in [-0.39, 0.29) is 11.8 Å². The van der Waals surface area contributed by atoms with Crippen LogP contribution in [0.25, 0.3) is 44.9 Å². The number of nitrogen functional groups attached to an aromatic ring is 1. The van der Waals surface area contributed by atoms with Gasteiger partial charge in [0.2, 0.25) is 16.0 Å². The van der Waals surface area contributed by atoms with Crippen LogP contribution in [-0.2, 0) is 10.0 Å². The number of imidazole rings is 2. The van der Waals surface area contributed by atoms with E-state index < -0.39 is 15.3 Å². The Kier molecular flexibility index (Phi) is 5.44. The number of nitrogens with zero attached hydrogens (tertiary/aromatic N) is 3. The Bertz CT molecular complexity index is 1670. The van der Waals surface area contributed by atoms with E-state index in [1.807, 2.05) is 37.3 Å². The van der Waals surface area contributed by atoms with Gasteiger partial charge in [-0.15, -0.1) is 0 Å². The quantitative estimate of drug-likeness (QED) is 0.345. The topological polar surface area (TPSA) is 107 Å². The zero-order chi connectivity index (χ0) is 24.9. The maximum absolute atomic E-state index is 13.5. The molecule has 5 aromatic rings. The lowest BCUT2D eigenvalue weighted by molar-refractivity contribution is 0.580. The summed E-state index contributed by atoms with van der Waals surface area (Å²) in [6, 6.07) is 19.3. The fraction of sp³-hybridized carbons (Fsp3) is 0.154. The zero-order valence-electron chi connectivity index (χ0n) is 19.4. The first-order chi connectivity index (χ1) is 16.7. The Hall–Kier alpha value is -3.98. The molecule has 3 aromatic carbocycles. The number of H-pyrrole nitrogens is 1. The molecule has 0 aliphatic heterocycles. The molecule has 7 nitrogen and oxygen atoms in total. The second-order valence-corrected chi connectivity index (χ2v) is 11.0. The third kappa shape index (κ3) is 3.87. The van der Waals surface area contributed by atoms with Crippen molar-refractivity contribution in [2.45, 2.75) is 26.0 Å². The highest BCUT2D eigenvalue weighted by molar-refractivity contribution is 7.90. The molecular formula is C26H24FN5O2S. The molecule has 0 bridgehead atoms. The van der Waals surface area contributed by atoms with Gasteiger partial charge in [-0.2, -0.15) is 0 Å². The molecule has 0 unspecified atom stereocenters. The van der Waals surface area contributed by atoms with Crippen molar-refractivity contribution in [2.24, 2.45) is 0 Å². The van der Waals surface area contributed by atoms with Gasteiger partial charge in [0.1, 0.15) is 11.6 Å². The van der Waals surface area contributed by atoms with Crippen LogP contribution in [0.5, 0.6) is 0 Å². The van der Waals surface area contributed by atoms with Gasteiger partial charge in [0, 0.05) is 16.7 Å². The lowest BCUT2D eigenvalue weighted by Crippen LogP contribution is -2.23. The van der Waals surface area contributed by atoms with Crippen LogP contribution in [0.15, 0.2) is 66.7 Å². The highest BCUT2D eigenvalue weighted by atomic mass is 32.2. The molecule has 2 heterocycles. The number of rotatable bonds is 5. The van der Waals surface area contributed by atoms with Crippen LogP contribution in [0, 0.1) is 12.7 Å². The van der Waals surface area contributed by atoms with E-state index in [9.17, 15) is 12.8 Å². The van der Waals surface area contributed by atoms with E-state index in [0.29, 0.717) is 28.1 Å². The van der Waals surface area contributed by atoms with Crippen LogP contribution < -0.4 is 5.73 Å². The minimum absolute atomic E-state index is 0.0843. The number of benzene rings is 3. The largest absolute Gasteiger partial charge is 0.368 e.